The van der Waals surface area contributed by atoms with Crippen molar-refractivity contribution >= 4 is 5.69 Å². The zero-order valence-electron chi connectivity index (χ0n) is 12.7. The third-order valence-electron chi connectivity index (χ3n) is 3.35. The summed E-state index contributed by atoms with van der Waals surface area (Å²) in [6, 6.07) is 13.9. The van der Waals surface area contributed by atoms with E-state index in [2.05, 4.69) is 0 Å². The van der Waals surface area contributed by atoms with Crippen molar-refractivity contribution < 1.29 is 14.8 Å². The number of nitro groups is 1. The van der Waals surface area contributed by atoms with Gasteiger partial charge in [0.2, 0.25) is 0 Å². The minimum Gasteiger partial charge on any atom is -0.386 e. The van der Waals surface area contributed by atoms with Crippen LogP contribution in [0.2, 0.25) is 0 Å². The lowest BCUT2D eigenvalue weighted by Gasteiger charge is -2.17. The highest BCUT2D eigenvalue weighted by Gasteiger charge is 2.14. The molecular weight excluding hydrogens is 282 g/mol. The summed E-state index contributed by atoms with van der Waals surface area (Å²) >= 11 is 0. The first-order valence-corrected chi connectivity index (χ1v) is 6.99. The summed E-state index contributed by atoms with van der Waals surface area (Å²) in [7, 11) is 0. The van der Waals surface area contributed by atoms with E-state index < -0.39 is 10.5 Å². The van der Waals surface area contributed by atoms with Crippen LogP contribution < -0.4 is 0 Å². The van der Waals surface area contributed by atoms with Crippen LogP contribution in [0.3, 0.4) is 0 Å². The maximum atomic E-state index is 10.6. The number of ether oxygens (including phenoxy) is 1. The van der Waals surface area contributed by atoms with Gasteiger partial charge in [0.15, 0.2) is 0 Å². The molecule has 0 amide bonds. The number of aliphatic hydroxyl groups is 1. The number of nitro benzene ring substituents is 1. The first kappa shape index (κ1) is 16.1. The second kappa shape index (κ2) is 6.68. The first-order chi connectivity index (χ1) is 10.4. The Balaban J connectivity index is 1.87. The van der Waals surface area contributed by atoms with Crippen molar-refractivity contribution in [2.24, 2.45) is 0 Å². The van der Waals surface area contributed by atoms with Gasteiger partial charge in [0.25, 0.3) is 5.69 Å². The Morgan fingerprint density at radius 1 is 1.00 bits per heavy atom. The topological polar surface area (TPSA) is 72.6 Å². The van der Waals surface area contributed by atoms with Gasteiger partial charge in [-0.15, -0.1) is 0 Å². The minimum absolute atomic E-state index is 0.0750. The minimum atomic E-state index is -0.849. The number of rotatable bonds is 6. The monoisotopic (exact) mass is 301 g/mol. The van der Waals surface area contributed by atoms with Crippen LogP contribution in [0.5, 0.6) is 0 Å². The Morgan fingerprint density at radius 3 is 1.86 bits per heavy atom. The molecule has 0 bridgehead atoms. The number of benzene rings is 2. The molecule has 0 aromatic heterocycles. The lowest BCUT2D eigenvalue weighted by molar-refractivity contribution is -0.384. The van der Waals surface area contributed by atoms with E-state index in [-0.39, 0.29) is 5.69 Å². The predicted octanol–water partition coefficient (Wildman–Crippen LogP) is 3.54. The van der Waals surface area contributed by atoms with Crippen LogP contribution in [0.1, 0.15) is 30.5 Å². The molecule has 0 spiro atoms. The van der Waals surface area contributed by atoms with Crippen molar-refractivity contribution in [3.05, 3.63) is 75.3 Å². The maximum absolute atomic E-state index is 10.6. The van der Waals surface area contributed by atoms with E-state index in [4.69, 9.17) is 4.74 Å². The van der Waals surface area contributed by atoms with Crippen LogP contribution in [0.25, 0.3) is 0 Å². The zero-order chi connectivity index (χ0) is 16.2. The van der Waals surface area contributed by atoms with Gasteiger partial charge < -0.3 is 9.84 Å². The second-order valence-corrected chi connectivity index (χ2v) is 5.67. The first-order valence-electron chi connectivity index (χ1n) is 6.99. The molecule has 0 saturated heterocycles. The molecule has 0 unspecified atom stereocenters. The van der Waals surface area contributed by atoms with Crippen LogP contribution in [0.15, 0.2) is 48.5 Å². The summed E-state index contributed by atoms with van der Waals surface area (Å²) in [6.45, 7) is 4.33. The Labute approximate surface area is 129 Å². The molecule has 0 fully saturated rings. The highest BCUT2D eigenvalue weighted by Crippen LogP contribution is 2.20. The van der Waals surface area contributed by atoms with Gasteiger partial charge in [0, 0.05) is 12.1 Å². The highest BCUT2D eigenvalue weighted by atomic mass is 16.6. The summed E-state index contributed by atoms with van der Waals surface area (Å²) < 4.78 is 5.60. The quantitative estimate of drug-likeness (QED) is 0.654. The lowest BCUT2D eigenvalue weighted by Crippen LogP contribution is -2.15. The summed E-state index contributed by atoms with van der Waals surface area (Å²) in [5, 5.41) is 20.5. The smallest absolute Gasteiger partial charge is 0.269 e. The van der Waals surface area contributed by atoms with Crippen LogP contribution in [-0.2, 0) is 23.6 Å². The van der Waals surface area contributed by atoms with Crippen LogP contribution in [0, 0.1) is 10.1 Å². The SMILES string of the molecule is CC(C)(O)c1ccc(COCc2ccc([N+](=O)[O-])cc2)cc1. The van der Waals surface area contributed by atoms with Crippen LogP contribution >= 0.6 is 0 Å². The summed E-state index contributed by atoms with van der Waals surface area (Å²) in [5.41, 5.74) is 1.98. The van der Waals surface area contributed by atoms with Crippen LogP contribution in [-0.4, -0.2) is 10.0 Å². The van der Waals surface area contributed by atoms with E-state index in [1.54, 1.807) is 26.0 Å². The van der Waals surface area contributed by atoms with E-state index in [0.717, 1.165) is 16.7 Å². The fraction of sp³-hybridized carbons (Fsp3) is 0.294. The lowest BCUT2D eigenvalue weighted by atomic mass is 9.97. The number of hydrogen-bond donors (Lipinski definition) is 1. The largest absolute Gasteiger partial charge is 0.386 e. The van der Waals surface area contributed by atoms with Gasteiger partial charge in [0.1, 0.15) is 0 Å². The molecule has 2 aromatic carbocycles. The fourth-order valence-electron chi connectivity index (χ4n) is 2.01. The molecule has 2 rings (SSSR count). The van der Waals surface area contributed by atoms with Crippen molar-refractivity contribution in [2.75, 3.05) is 0 Å². The third-order valence-corrected chi connectivity index (χ3v) is 3.35. The van der Waals surface area contributed by atoms with Gasteiger partial charge in [-0.2, -0.15) is 0 Å². The summed E-state index contributed by atoms with van der Waals surface area (Å²) in [5.74, 6) is 0. The number of non-ortho nitro benzene ring substituents is 1. The average molecular weight is 301 g/mol. The van der Waals surface area contributed by atoms with Gasteiger partial charge >= 0.3 is 0 Å². The molecular formula is C17H19NO4. The number of hydrogen-bond acceptors (Lipinski definition) is 4. The van der Waals surface area contributed by atoms with E-state index in [9.17, 15) is 15.2 Å². The van der Waals surface area contributed by atoms with Crippen molar-refractivity contribution in [2.45, 2.75) is 32.7 Å². The molecule has 0 saturated carbocycles. The van der Waals surface area contributed by atoms with E-state index in [1.165, 1.54) is 12.1 Å². The second-order valence-electron chi connectivity index (χ2n) is 5.67. The van der Waals surface area contributed by atoms with E-state index in [0.29, 0.717) is 13.2 Å². The Bertz CT molecular complexity index is 627. The Kier molecular flexibility index (Phi) is 4.90. The molecule has 0 aliphatic rings. The van der Waals surface area contributed by atoms with Gasteiger partial charge in [-0.25, -0.2) is 0 Å². The third kappa shape index (κ3) is 4.38. The van der Waals surface area contributed by atoms with Crippen molar-refractivity contribution in [3.8, 4) is 0 Å². The molecule has 0 atom stereocenters. The standard InChI is InChI=1S/C17H19NO4/c1-17(2,19)15-7-3-13(4-8-15)11-22-12-14-5-9-16(10-6-14)18(20)21/h3-10,19H,11-12H2,1-2H3. The molecule has 0 aliphatic heterocycles. The Morgan fingerprint density at radius 2 is 1.45 bits per heavy atom. The Hall–Kier alpha value is -2.24. The maximum Gasteiger partial charge on any atom is 0.269 e. The molecule has 0 aliphatic carbocycles. The van der Waals surface area contributed by atoms with E-state index in [1.807, 2.05) is 24.3 Å². The van der Waals surface area contributed by atoms with Crippen molar-refractivity contribution in [1.29, 1.82) is 0 Å². The van der Waals surface area contributed by atoms with Crippen molar-refractivity contribution in [3.63, 3.8) is 0 Å². The highest BCUT2D eigenvalue weighted by molar-refractivity contribution is 5.32. The predicted molar refractivity (Wildman–Crippen MR) is 83.3 cm³/mol. The number of nitrogens with zero attached hydrogens (tertiary/aromatic N) is 1. The normalized spacial score (nSPS) is 11.4. The molecule has 1 N–H and O–H groups in total. The van der Waals surface area contributed by atoms with Gasteiger partial charge in [-0.05, 0) is 42.7 Å². The summed E-state index contributed by atoms with van der Waals surface area (Å²) in [6.07, 6.45) is 0. The molecule has 0 radical (unpaired) electrons. The zero-order valence-corrected chi connectivity index (χ0v) is 12.7. The van der Waals surface area contributed by atoms with Crippen LogP contribution in [0.4, 0.5) is 5.69 Å². The average Bonchev–Trinajstić information content (AvgIpc) is 2.47. The molecule has 5 nitrogen and oxygen atoms in total. The van der Waals surface area contributed by atoms with E-state index >= 15 is 0 Å². The molecule has 5 heteroatoms. The fourth-order valence-corrected chi connectivity index (χ4v) is 2.01. The van der Waals surface area contributed by atoms with Gasteiger partial charge in [-0.3, -0.25) is 10.1 Å². The molecule has 2 aromatic rings. The van der Waals surface area contributed by atoms with Gasteiger partial charge in [-0.1, -0.05) is 24.3 Å². The molecule has 22 heavy (non-hydrogen) atoms. The molecule has 0 heterocycles. The summed E-state index contributed by atoms with van der Waals surface area (Å²) in [4.78, 5) is 10.1. The van der Waals surface area contributed by atoms with Crippen molar-refractivity contribution in [1.82, 2.24) is 0 Å². The molecule has 116 valence electrons. The van der Waals surface area contributed by atoms with Gasteiger partial charge in [0.05, 0.1) is 23.7 Å².